The van der Waals surface area contributed by atoms with Crippen LogP contribution in [0.5, 0.6) is 0 Å². The summed E-state index contributed by atoms with van der Waals surface area (Å²) >= 11 is 0. The number of carbonyl (C=O) groups excluding carboxylic acids is 1. The van der Waals surface area contributed by atoms with Crippen molar-refractivity contribution in [3.63, 3.8) is 0 Å². The van der Waals surface area contributed by atoms with Gasteiger partial charge in [-0.05, 0) is 19.4 Å². The molecule has 0 aromatic heterocycles. The predicted octanol–water partition coefficient (Wildman–Crippen LogP) is 2.09. The SMILES string of the molecule is CCCCN.CCCCOC(C)=O. The van der Waals surface area contributed by atoms with Gasteiger partial charge in [0.2, 0.25) is 0 Å². The minimum Gasteiger partial charge on any atom is -0.466 e. The minimum atomic E-state index is -0.182. The van der Waals surface area contributed by atoms with Gasteiger partial charge in [-0.3, -0.25) is 4.79 Å². The van der Waals surface area contributed by atoms with Crippen molar-refractivity contribution >= 4 is 5.97 Å². The largest absolute Gasteiger partial charge is 0.466 e. The number of esters is 1. The summed E-state index contributed by atoms with van der Waals surface area (Å²) in [7, 11) is 0. The van der Waals surface area contributed by atoms with Gasteiger partial charge in [-0.1, -0.05) is 26.7 Å². The highest BCUT2D eigenvalue weighted by Gasteiger charge is 1.88. The molecule has 0 aliphatic heterocycles. The van der Waals surface area contributed by atoms with Crippen LogP contribution in [-0.2, 0) is 9.53 Å². The summed E-state index contributed by atoms with van der Waals surface area (Å²) in [5, 5.41) is 0. The first kappa shape index (κ1) is 14.9. The molecular formula is C10H23NO2. The lowest BCUT2D eigenvalue weighted by atomic mass is 10.3. The molecule has 0 aliphatic rings. The average Bonchev–Trinajstić information content (AvgIpc) is 2.07. The highest BCUT2D eigenvalue weighted by Crippen LogP contribution is 1.86. The third-order valence-electron chi connectivity index (χ3n) is 1.36. The van der Waals surface area contributed by atoms with Crippen LogP contribution in [0.25, 0.3) is 0 Å². The molecule has 0 bridgehead atoms. The van der Waals surface area contributed by atoms with Crippen molar-refractivity contribution in [2.24, 2.45) is 5.73 Å². The fraction of sp³-hybridized carbons (Fsp3) is 0.900. The van der Waals surface area contributed by atoms with E-state index in [1.54, 1.807) is 0 Å². The fourth-order valence-electron chi connectivity index (χ4n) is 0.564. The van der Waals surface area contributed by atoms with Gasteiger partial charge in [0.05, 0.1) is 6.61 Å². The first-order valence-corrected chi connectivity index (χ1v) is 5.02. The summed E-state index contributed by atoms with van der Waals surface area (Å²) in [6.07, 6.45) is 4.43. The van der Waals surface area contributed by atoms with Crippen LogP contribution < -0.4 is 5.73 Å². The standard InChI is InChI=1S/C6H12O2.C4H11N/c1-3-4-5-8-6(2)7;1-2-3-4-5/h3-5H2,1-2H3;2-5H2,1H3. The zero-order valence-electron chi connectivity index (χ0n) is 9.14. The molecule has 0 aromatic rings. The predicted molar refractivity (Wildman–Crippen MR) is 55.5 cm³/mol. The number of hydrogen-bond donors (Lipinski definition) is 1. The lowest BCUT2D eigenvalue weighted by Crippen LogP contribution is -1.99. The quantitative estimate of drug-likeness (QED) is 0.532. The van der Waals surface area contributed by atoms with E-state index < -0.39 is 0 Å². The van der Waals surface area contributed by atoms with Gasteiger partial charge in [-0.15, -0.1) is 0 Å². The molecule has 0 atom stereocenters. The summed E-state index contributed by atoms with van der Waals surface area (Å²) in [5.74, 6) is -0.182. The monoisotopic (exact) mass is 189 g/mol. The normalized spacial score (nSPS) is 8.62. The Kier molecular flexibility index (Phi) is 16.1. The van der Waals surface area contributed by atoms with Crippen LogP contribution in [0.15, 0.2) is 0 Å². The number of nitrogens with two attached hydrogens (primary N) is 1. The van der Waals surface area contributed by atoms with Crippen LogP contribution in [0, 0.1) is 0 Å². The van der Waals surface area contributed by atoms with E-state index in [0.29, 0.717) is 6.61 Å². The van der Waals surface area contributed by atoms with Crippen molar-refractivity contribution in [3.8, 4) is 0 Å². The van der Waals surface area contributed by atoms with E-state index in [0.717, 1.165) is 19.4 Å². The summed E-state index contributed by atoms with van der Waals surface area (Å²) in [6.45, 7) is 7.04. The highest BCUT2D eigenvalue weighted by atomic mass is 16.5. The summed E-state index contributed by atoms with van der Waals surface area (Å²) < 4.78 is 4.64. The maximum atomic E-state index is 10.1. The summed E-state index contributed by atoms with van der Waals surface area (Å²) in [6, 6.07) is 0. The van der Waals surface area contributed by atoms with E-state index in [-0.39, 0.29) is 5.97 Å². The Balaban J connectivity index is 0. The maximum Gasteiger partial charge on any atom is 0.302 e. The molecule has 0 saturated heterocycles. The lowest BCUT2D eigenvalue weighted by Gasteiger charge is -1.96. The Morgan fingerprint density at radius 1 is 1.23 bits per heavy atom. The molecule has 0 heterocycles. The molecule has 0 spiro atoms. The van der Waals surface area contributed by atoms with Gasteiger partial charge >= 0.3 is 5.97 Å². The molecule has 0 fully saturated rings. The van der Waals surface area contributed by atoms with E-state index in [9.17, 15) is 4.79 Å². The van der Waals surface area contributed by atoms with Gasteiger partial charge in [0.1, 0.15) is 0 Å². The molecule has 0 unspecified atom stereocenters. The molecule has 0 radical (unpaired) electrons. The van der Waals surface area contributed by atoms with Gasteiger partial charge in [0.15, 0.2) is 0 Å². The minimum absolute atomic E-state index is 0.182. The van der Waals surface area contributed by atoms with Gasteiger partial charge in [-0.2, -0.15) is 0 Å². The molecule has 0 aliphatic carbocycles. The zero-order chi connectivity index (χ0) is 10.5. The van der Waals surface area contributed by atoms with Gasteiger partial charge < -0.3 is 10.5 Å². The molecule has 2 N–H and O–H groups in total. The molecule has 0 amide bonds. The Morgan fingerprint density at radius 3 is 2.00 bits per heavy atom. The molecular weight excluding hydrogens is 166 g/mol. The van der Waals surface area contributed by atoms with Gasteiger partial charge in [-0.25, -0.2) is 0 Å². The first-order chi connectivity index (χ1) is 6.18. The van der Waals surface area contributed by atoms with Gasteiger partial charge in [0, 0.05) is 6.92 Å². The first-order valence-electron chi connectivity index (χ1n) is 5.02. The number of hydrogen-bond acceptors (Lipinski definition) is 3. The van der Waals surface area contributed by atoms with Crippen LogP contribution >= 0.6 is 0 Å². The number of unbranched alkanes of at least 4 members (excludes halogenated alkanes) is 2. The third kappa shape index (κ3) is 24.6. The Morgan fingerprint density at radius 2 is 1.77 bits per heavy atom. The third-order valence-corrected chi connectivity index (χ3v) is 1.36. The lowest BCUT2D eigenvalue weighted by molar-refractivity contribution is -0.141. The van der Waals surface area contributed by atoms with Crippen LogP contribution in [-0.4, -0.2) is 19.1 Å². The molecule has 13 heavy (non-hydrogen) atoms. The molecule has 0 saturated carbocycles. The Bertz CT molecular complexity index is 103. The van der Waals surface area contributed by atoms with Crippen molar-refractivity contribution in [2.45, 2.75) is 46.5 Å². The highest BCUT2D eigenvalue weighted by molar-refractivity contribution is 5.65. The molecule has 0 aromatic carbocycles. The second-order valence-electron chi connectivity index (χ2n) is 2.84. The van der Waals surface area contributed by atoms with Crippen LogP contribution in [0.4, 0.5) is 0 Å². The van der Waals surface area contributed by atoms with Crippen molar-refractivity contribution in [1.29, 1.82) is 0 Å². The van der Waals surface area contributed by atoms with Gasteiger partial charge in [0.25, 0.3) is 0 Å². The molecule has 3 heteroatoms. The fourth-order valence-corrected chi connectivity index (χ4v) is 0.564. The second kappa shape index (κ2) is 14.0. The summed E-state index contributed by atoms with van der Waals surface area (Å²) in [4.78, 5) is 10.1. The maximum absolute atomic E-state index is 10.1. The Hall–Kier alpha value is -0.570. The van der Waals surface area contributed by atoms with E-state index >= 15 is 0 Å². The van der Waals surface area contributed by atoms with Crippen LogP contribution in [0.2, 0.25) is 0 Å². The van der Waals surface area contributed by atoms with Crippen molar-refractivity contribution < 1.29 is 9.53 Å². The van der Waals surface area contributed by atoms with E-state index in [2.05, 4.69) is 18.6 Å². The van der Waals surface area contributed by atoms with Crippen molar-refractivity contribution in [2.75, 3.05) is 13.2 Å². The Labute approximate surface area is 81.6 Å². The van der Waals surface area contributed by atoms with Crippen molar-refractivity contribution in [1.82, 2.24) is 0 Å². The molecule has 80 valence electrons. The van der Waals surface area contributed by atoms with Crippen molar-refractivity contribution in [3.05, 3.63) is 0 Å². The van der Waals surface area contributed by atoms with E-state index in [1.165, 1.54) is 19.8 Å². The number of ether oxygens (including phenoxy) is 1. The number of rotatable bonds is 5. The van der Waals surface area contributed by atoms with Crippen LogP contribution in [0.3, 0.4) is 0 Å². The zero-order valence-corrected chi connectivity index (χ0v) is 9.14. The topological polar surface area (TPSA) is 52.3 Å². The molecule has 0 rings (SSSR count). The van der Waals surface area contributed by atoms with Crippen LogP contribution in [0.1, 0.15) is 46.5 Å². The van der Waals surface area contributed by atoms with E-state index in [1.807, 2.05) is 0 Å². The smallest absolute Gasteiger partial charge is 0.302 e. The number of carbonyl (C=O) groups is 1. The summed E-state index contributed by atoms with van der Waals surface area (Å²) in [5.41, 5.74) is 5.14. The molecule has 3 nitrogen and oxygen atoms in total. The second-order valence-corrected chi connectivity index (χ2v) is 2.84. The van der Waals surface area contributed by atoms with E-state index in [4.69, 9.17) is 5.73 Å². The average molecular weight is 189 g/mol.